The summed E-state index contributed by atoms with van der Waals surface area (Å²) in [4.78, 5) is 17.2. The fourth-order valence-corrected chi connectivity index (χ4v) is 2.31. The highest BCUT2D eigenvalue weighted by Gasteiger charge is 2.28. The molecule has 0 aromatic carbocycles. The van der Waals surface area contributed by atoms with Crippen molar-refractivity contribution in [3.05, 3.63) is 0 Å². The van der Waals surface area contributed by atoms with E-state index in [-0.39, 0.29) is 0 Å². The Labute approximate surface area is 119 Å². The zero-order valence-electron chi connectivity index (χ0n) is 12.5. The van der Waals surface area contributed by atoms with Gasteiger partial charge in [-0.1, -0.05) is 0 Å². The summed E-state index contributed by atoms with van der Waals surface area (Å²) in [6.45, 7) is 8.49. The minimum Gasteiger partial charge on any atom is -0.464 e. The third kappa shape index (κ3) is 3.07. The topological polar surface area (TPSA) is 92.4 Å². The second-order valence-electron chi connectivity index (χ2n) is 5.09. The average molecular weight is 281 g/mol. The van der Waals surface area contributed by atoms with Gasteiger partial charge in [0.25, 0.3) is 0 Å². The van der Waals surface area contributed by atoms with Crippen LogP contribution in [0.15, 0.2) is 0 Å². The van der Waals surface area contributed by atoms with Gasteiger partial charge in [-0.3, -0.25) is 10.3 Å². The molecule has 2 unspecified atom stereocenters. The summed E-state index contributed by atoms with van der Waals surface area (Å²) in [5.41, 5.74) is 2.46. The van der Waals surface area contributed by atoms with Crippen LogP contribution < -0.4 is 20.9 Å². The van der Waals surface area contributed by atoms with Gasteiger partial charge >= 0.3 is 6.01 Å². The van der Waals surface area contributed by atoms with Crippen LogP contribution in [0.1, 0.15) is 20.8 Å². The van der Waals surface area contributed by atoms with Gasteiger partial charge in [0.2, 0.25) is 11.9 Å². The minimum atomic E-state index is 0.296. The van der Waals surface area contributed by atoms with Gasteiger partial charge in [0.15, 0.2) is 0 Å². The lowest BCUT2D eigenvalue weighted by Gasteiger charge is -2.42. The van der Waals surface area contributed by atoms with Gasteiger partial charge in [-0.05, 0) is 27.8 Å². The third-order valence-corrected chi connectivity index (χ3v) is 3.65. The Balaban J connectivity index is 2.25. The molecule has 0 saturated carbocycles. The minimum absolute atomic E-state index is 0.296. The van der Waals surface area contributed by atoms with Crippen molar-refractivity contribution in [3.63, 3.8) is 0 Å². The lowest BCUT2D eigenvalue weighted by Crippen LogP contribution is -2.55. The van der Waals surface area contributed by atoms with E-state index in [1.165, 1.54) is 0 Å². The number of ether oxygens (including phenoxy) is 1. The van der Waals surface area contributed by atoms with E-state index in [9.17, 15) is 0 Å². The highest BCUT2D eigenvalue weighted by Crippen LogP contribution is 2.20. The Morgan fingerprint density at radius 3 is 2.45 bits per heavy atom. The molecule has 1 aliphatic heterocycles. The number of hydrogen-bond acceptors (Lipinski definition) is 8. The number of piperazine rings is 1. The predicted molar refractivity (Wildman–Crippen MR) is 77.7 cm³/mol. The zero-order valence-corrected chi connectivity index (χ0v) is 12.5. The quantitative estimate of drug-likeness (QED) is 0.592. The van der Waals surface area contributed by atoms with Crippen LogP contribution in [-0.4, -0.2) is 58.7 Å². The number of nitrogens with zero attached hydrogens (tertiary/aromatic N) is 5. The Morgan fingerprint density at radius 2 is 1.90 bits per heavy atom. The molecular formula is C12H23N7O. The van der Waals surface area contributed by atoms with Gasteiger partial charge in [-0.2, -0.15) is 15.0 Å². The van der Waals surface area contributed by atoms with E-state index in [1.54, 1.807) is 0 Å². The van der Waals surface area contributed by atoms with Crippen LogP contribution in [0.4, 0.5) is 11.9 Å². The maximum atomic E-state index is 5.40. The van der Waals surface area contributed by atoms with E-state index in [4.69, 9.17) is 10.6 Å². The standard InChI is InChI=1S/C12H23N7O/c1-5-20-12-15-10(17-13)14-11(16-12)19-6-8(2)18(4)9(3)7-19/h8-9H,5-7,13H2,1-4H3,(H,14,15,16,17). The SMILES string of the molecule is CCOc1nc(NN)nc(N2CC(C)N(C)C(C)C2)n1. The van der Waals surface area contributed by atoms with Crippen molar-refractivity contribution in [2.45, 2.75) is 32.9 Å². The van der Waals surface area contributed by atoms with Gasteiger partial charge in [0.1, 0.15) is 0 Å². The van der Waals surface area contributed by atoms with Gasteiger partial charge in [0.05, 0.1) is 6.61 Å². The van der Waals surface area contributed by atoms with Gasteiger partial charge in [0, 0.05) is 25.2 Å². The summed E-state index contributed by atoms with van der Waals surface area (Å²) in [6.07, 6.45) is 0. The van der Waals surface area contributed by atoms with E-state index in [2.05, 4.69) is 51.1 Å². The number of likely N-dealkylation sites (N-methyl/N-ethyl adjacent to an activating group) is 1. The van der Waals surface area contributed by atoms with E-state index >= 15 is 0 Å². The molecule has 1 aliphatic rings. The molecule has 0 amide bonds. The number of hydrazine groups is 1. The number of nitrogens with two attached hydrogens (primary N) is 1. The monoisotopic (exact) mass is 281 g/mol. The number of anilines is 2. The Kier molecular flexibility index (Phi) is 4.56. The highest BCUT2D eigenvalue weighted by molar-refractivity contribution is 5.38. The summed E-state index contributed by atoms with van der Waals surface area (Å²) in [5.74, 6) is 6.32. The molecule has 1 fully saturated rings. The van der Waals surface area contributed by atoms with E-state index in [1.807, 2.05) is 6.92 Å². The molecule has 1 aromatic rings. The molecule has 2 heterocycles. The summed E-state index contributed by atoms with van der Waals surface area (Å²) in [7, 11) is 2.14. The van der Waals surface area contributed by atoms with Crippen LogP contribution in [0.25, 0.3) is 0 Å². The number of hydrogen-bond donors (Lipinski definition) is 2. The van der Waals surface area contributed by atoms with Crippen molar-refractivity contribution >= 4 is 11.9 Å². The first kappa shape index (κ1) is 14.7. The largest absolute Gasteiger partial charge is 0.464 e. The van der Waals surface area contributed by atoms with Crippen LogP contribution in [0.5, 0.6) is 6.01 Å². The number of aromatic nitrogens is 3. The Bertz CT molecular complexity index is 443. The fourth-order valence-electron chi connectivity index (χ4n) is 2.31. The zero-order chi connectivity index (χ0) is 14.7. The normalized spacial score (nSPS) is 23.8. The van der Waals surface area contributed by atoms with E-state index in [0.29, 0.717) is 36.6 Å². The fraction of sp³-hybridized carbons (Fsp3) is 0.750. The summed E-state index contributed by atoms with van der Waals surface area (Å²) < 4.78 is 5.36. The molecule has 0 spiro atoms. The second kappa shape index (κ2) is 6.19. The highest BCUT2D eigenvalue weighted by atomic mass is 16.5. The molecule has 20 heavy (non-hydrogen) atoms. The molecule has 3 N–H and O–H groups in total. The van der Waals surface area contributed by atoms with Crippen LogP contribution in [0.2, 0.25) is 0 Å². The molecule has 1 saturated heterocycles. The van der Waals surface area contributed by atoms with Crippen molar-refractivity contribution in [2.24, 2.45) is 5.84 Å². The first-order valence-electron chi connectivity index (χ1n) is 6.87. The molecule has 2 atom stereocenters. The lowest BCUT2D eigenvalue weighted by molar-refractivity contribution is 0.169. The van der Waals surface area contributed by atoms with Crippen molar-refractivity contribution in [1.82, 2.24) is 19.9 Å². The van der Waals surface area contributed by atoms with Crippen LogP contribution in [0.3, 0.4) is 0 Å². The second-order valence-corrected chi connectivity index (χ2v) is 5.09. The van der Waals surface area contributed by atoms with Gasteiger partial charge in [-0.15, -0.1) is 0 Å². The number of nitrogens with one attached hydrogen (secondary N) is 1. The summed E-state index contributed by atoms with van der Waals surface area (Å²) in [5, 5.41) is 0. The molecule has 0 bridgehead atoms. The lowest BCUT2D eigenvalue weighted by atomic mass is 10.1. The smallest absolute Gasteiger partial charge is 0.323 e. The predicted octanol–water partition coefficient (Wildman–Crippen LogP) is 0.0847. The number of nitrogen functional groups attached to an aromatic ring is 1. The van der Waals surface area contributed by atoms with Crippen LogP contribution in [-0.2, 0) is 0 Å². The van der Waals surface area contributed by atoms with Crippen LogP contribution >= 0.6 is 0 Å². The molecule has 0 radical (unpaired) electrons. The molecule has 1 aromatic heterocycles. The molecule has 2 rings (SSSR count). The molecule has 0 aliphatic carbocycles. The molecule has 8 nitrogen and oxygen atoms in total. The summed E-state index contributed by atoms with van der Waals surface area (Å²) in [6, 6.07) is 1.16. The molecule has 112 valence electrons. The van der Waals surface area contributed by atoms with Crippen molar-refractivity contribution < 1.29 is 4.74 Å². The number of rotatable bonds is 4. The summed E-state index contributed by atoms with van der Waals surface area (Å²) >= 11 is 0. The van der Waals surface area contributed by atoms with Gasteiger partial charge < -0.3 is 9.64 Å². The van der Waals surface area contributed by atoms with E-state index < -0.39 is 0 Å². The van der Waals surface area contributed by atoms with Crippen molar-refractivity contribution in [1.29, 1.82) is 0 Å². The molecule has 8 heteroatoms. The Hall–Kier alpha value is -1.67. The first-order valence-corrected chi connectivity index (χ1v) is 6.87. The van der Waals surface area contributed by atoms with Gasteiger partial charge in [-0.25, -0.2) is 5.84 Å². The van der Waals surface area contributed by atoms with Crippen molar-refractivity contribution in [2.75, 3.05) is 37.1 Å². The van der Waals surface area contributed by atoms with Crippen LogP contribution in [0, 0.1) is 0 Å². The first-order chi connectivity index (χ1) is 9.55. The van der Waals surface area contributed by atoms with E-state index in [0.717, 1.165) is 13.1 Å². The molecular weight excluding hydrogens is 258 g/mol. The third-order valence-electron chi connectivity index (χ3n) is 3.65. The van der Waals surface area contributed by atoms with Crippen molar-refractivity contribution in [3.8, 4) is 6.01 Å². The average Bonchev–Trinajstić information content (AvgIpc) is 2.44. The maximum absolute atomic E-state index is 5.40. The Morgan fingerprint density at radius 1 is 1.25 bits per heavy atom. The maximum Gasteiger partial charge on any atom is 0.323 e.